The van der Waals surface area contributed by atoms with Crippen molar-refractivity contribution in [2.75, 3.05) is 32.0 Å². The molecule has 94 valence electrons. The second kappa shape index (κ2) is 5.69. The predicted molar refractivity (Wildman–Crippen MR) is 72.7 cm³/mol. The Morgan fingerprint density at radius 3 is 2.88 bits per heavy atom. The van der Waals surface area contributed by atoms with Gasteiger partial charge in [0.25, 0.3) is 0 Å². The molecule has 0 atom stereocenters. The molecule has 1 saturated heterocycles. The Bertz CT molecular complexity index is 373. The summed E-state index contributed by atoms with van der Waals surface area (Å²) in [6, 6.07) is 2.06. The molecule has 0 aromatic carbocycles. The van der Waals surface area contributed by atoms with Crippen LogP contribution in [0, 0.1) is 12.8 Å². The first-order valence-corrected chi connectivity index (χ1v) is 6.57. The van der Waals surface area contributed by atoms with E-state index in [1.807, 2.05) is 6.92 Å². The third-order valence-electron chi connectivity index (χ3n) is 3.40. The number of nitrogens with zero attached hydrogens (tertiary/aromatic N) is 2. The largest absolute Gasteiger partial charge is 0.382 e. The van der Waals surface area contributed by atoms with E-state index in [0.717, 1.165) is 23.7 Å². The first-order chi connectivity index (χ1) is 8.15. The number of anilines is 1. The van der Waals surface area contributed by atoms with Gasteiger partial charge >= 0.3 is 0 Å². The Morgan fingerprint density at radius 2 is 2.18 bits per heavy atom. The molecule has 1 fully saturated rings. The third kappa shape index (κ3) is 3.58. The smallest absolute Gasteiger partial charge is 0.152 e. The molecule has 2 rings (SSSR count). The highest BCUT2D eigenvalue weighted by Gasteiger charge is 2.16. The Hall–Kier alpha value is -0.800. The molecule has 1 aromatic heterocycles. The number of nitrogens with one attached hydrogen (secondary N) is 1. The minimum absolute atomic E-state index is 0.573. The fourth-order valence-corrected chi connectivity index (χ4v) is 2.37. The van der Waals surface area contributed by atoms with Crippen molar-refractivity contribution in [1.82, 2.24) is 9.88 Å². The lowest BCUT2D eigenvalue weighted by molar-refractivity contribution is 0.226. The number of halogens is 1. The molecule has 1 N–H and O–H groups in total. The molecule has 0 aliphatic carbocycles. The Kier molecular flexibility index (Phi) is 4.24. The average molecular weight is 254 g/mol. The van der Waals surface area contributed by atoms with Crippen LogP contribution in [0.1, 0.15) is 18.4 Å². The molecule has 17 heavy (non-hydrogen) atoms. The standard InChI is InChI=1S/C13H20ClN3/c1-10-7-12(13(14)16-8-10)15-9-11-3-5-17(2)6-4-11/h7-8,11,15H,3-6,9H2,1-2H3. The molecule has 0 bridgehead atoms. The van der Waals surface area contributed by atoms with Gasteiger partial charge in [-0.05, 0) is 57.5 Å². The SMILES string of the molecule is Cc1cnc(Cl)c(NCC2CCN(C)CC2)c1. The molecular weight excluding hydrogens is 234 g/mol. The molecule has 0 spiro atoms. The summed E-state index contributed by atoms with van der Waals surface area (Å²) in [6.45, 7) is 5.43. The molecule has 0 unspecified atom stereocenters. The molecule has 2 heterocycles. The number of hydrogen-bond acceptors (Lipinski definition) is 3. The van der Waals surface area contributed by atoms with Crippen LogP contribution in [0.5, 0.6) is 0 Å². The lowest BCUT2D eigenvalue weighted by Gasteiger charge is -2.29. The molecular formula is C13H20ClN3. The molecule has 1 aliphatic rings. The normalized spacial score (nSPS) is 18.3. The molecule has 3 nitrogen and oxygen atoms in total. The molecule has 1 aliphatic heterocycles. The monoisotopic (exact) mass is 253 g/mol. The van der Waals surface area contributed by atoms with E-state index in [-0.39, 0.29) is 0 Å². The lowest BCUT2D eigenvalue weighted by Crippen LogP contribution is -2.33. The van der Waals surface area contributed by atoms with Crippen LogP contribution < -0.4 is 5.32 Å². The van der Waals surface area contributed by atoms with Crippen LogP contribution in [0.25, 0.3) is 0 Å². The van der Waals surface area contributed by atoms with Crippen molar-refractivity contribution in [3.63, 3.8) is 0 Å². The summed E-state index contributed by atoms with van der Waals surface area (Å²) < 4.78 is 0. The second-order valence-corrected chi connectivity index (χ2v) is 5.34. The highest BCUT2D eigenvalue weighted by Crippen LogP contribution is 2.22. The summed E-state index contributed by atoms with van der Waals surface area (Å²) in [6.07, 6.45) is 4.32. The van der Waals surface area contributed by atoms with Gasteiger partial charge < -0.3 is 10.2 Å². The third-order valence-corrected chi connectivity index (χ3v) is 3.70. The Labute approximate surface area is 108 Å². The Balaban J connectivity index is 1.87. The van der Waals surface area contributed by atoms with Crippen LogP contribution in [0.3, 0.4) is 0 Å². The van der Waals surface area contributed by atoms with Gasteiger partial charge in [-0.15, -0.1) is 0 Å². The predicted octanol–water partition coefficient (Wildman–Crippen LogP) is 2.80. The minimum atomic E-state index is 0.573. The van der Waals surface area contributed by atoms with Gasteiger partial charge in [-0.3, -0.25) is 0 Å². The van der Waals surface area contributed by atoms with Gasteiger partial charge in [-0.25, -0.2) is 4.98 Å². The van der Waals surface area contributed by atoms with Crippen molar-refractivity contribution in [2.45, 2.75) is 19.8 Å². The molecule has 0 saturated carbocycles. The maximum Gasteiger partial charge on any atom is 0.152 e. The van der Waals surface area contributed by atoms with Crippen LogP contribution in [-0.2, 0) is 0 Å². The van der Waals surface area contributed by atoms with E-state index in [0.29, 0.717) is 5.15 Å². The highest BCUT2D eigenvalue weighted by atomic mass is 35.5. The summed E-state index contributed by atoms with van der Waals surface area (Å²) >= 11 is 6.06. The average Bonchev–Trinajstić information content (AvgIpc) is 2.32. The van der Waals surface area contributed by atoms with Gasteiger partial charge in [0.15, 0.2) is 5.15 Å². The van der Waals surface area contributed by atoms with Crippen molar-refractivity contribution in [1.29, 1.82) is 0 Å². The first-order valence-electron chi connectivity index (χ1n) is 6.19. The zero-order chi connectivity index (χ0) is 12.3. The van der Waals surface area contributed by atoms with Crippen LogP contribution in [-0.4, -0.2) is 36.6 Å². The fraction of sp³-hybridized carbons (Fsp3) is 0.615. The van der Waals surface area contributed by atoms with Gasteiger partial charge in [0.1, 0.15) is 0 Å². The number of rotatable bonds is 3. The van der Waals surface area contributed by atoms with Gasteiger partial charge in [-0.1, -0.05) is 11.6 Å². The Morgan fingerprint density at radius 1 is 1.47 bits per heavy atom. The lowest BCUT2D eigenvalue weighted by atomic mass is 9.97. The van der Waals surface area contributed by atoms with E-state index < -0.39 is 0 Å². The highest BCUT2D eigenvalue weighted by molar-refractivity contribution is 6.31. The van der Waals surface area contributed by atoms with E-state index >= 15 is 0 Å². The van der Waals surface area contributed by atoms with Crippen LogP contribution in [0.15, 0.2) is 12.3 Å². The topological polar surface area (TPSA) is 28.2 Å². The summed E-state index contributed by atoms with van der Waals surface area (Å²) in [5.74, 6) is 0.753. The fourth-order valence-electron chi connectivity index (χ4n) is 2.20. The number of pyridine rings is 1. The maximum absolute atomic E-state index is 6.06. The number of aryl methyl sites for hydroxylation is 1. The van der Waals surface area contributed by atoms with E-state index in [4.69, 9.17) is 11.6 Å². The van der Waals surface area contributed by atoms with Crippen molar-refractivity contribution < 1.29 is 0 Å². The number of hydrogen-bond donors (Lipinski definition) is 1. The zero-order valence-corrected chi connectivity index (χ0v) is 11.3. The molecule has 4 heteroatoms. The molecule has 1 aromatic rings. The summed E-state index contributed by atoms with van der Waals surface area (Å²) in [5, 5.41) is 4.00. The van der Waals surface area contributed by atoms with Crippen LogP contribution >= 0.6 is 11.6 Å². The molecule has 0 amide bonds. The summed E-state index contributed by atoms with van der Waals surface area (Å²) in [5.41, 5.74) is 2.10. The first kappa shape index (κ1) is 12.7. The van der Waals surface area contributed by atoms with Crippen molar-refractivity contribution >= 4 is 17.3 Å². The van der Waals surface area contributed by atoms with Crippen molar-refractivity contribution in [2.24, 2.45) is 5.92 Å². The second-order valence-electron chi connectivity index (χ2n) is 4.98. The van der Waals surface area contributed by atoms with Crippen molar-refractivity contribution in [3.8, 4) is 0 Å². The maximum atomic E-state index is 6.06. The molecule has 0 radical (unpaired) electrons. The van der Waals surface area contributed by atoms with E-state index in [9.17, 15) is 0 Å². The van der Waals surface area contributed by atoms with E-state index in [1.54, 1.807) is 6.20 Å². The van der Waals surface area contributed by atoms with Gasteiger partial charge in [0.05, 0.1) is 5.69 Å². The van der Waals surface area contributed by atoms with E-state index in [1.165, 1.54) is 25.9 Å². The van der Waals surface area contributed by atoms with E-state index in [2.05, 4.69) is 28.3 Å². The van der Waals surface area contributed by atoms with Gasteiger partial charge in [0.2, 0.25) is 0 Å². The summed E-state index contributed by atoms with van der Waals surface area (Å²) in [7, 11) is 2.19. The van der Waals surface area contributed by atoms with Crippen LogP contribution in [0.4, 0.5) is 5.69 Å². The van der Waals surface area contributed by atoms with Crippen molar-refractivity contribution in [3.05, 3.63) is 23.0 Å². The quantitative estimate of drug-likeness (QED) is 0.840. The number of likely N-dealkylation sites (tertiary alicyclic amines) is 1. The number of piperidine rings is 1. The summed E-state index contributed by atoms with van der Waals surface area (Å²) in [4.78, 5) is 6.54. The van der Waals surface area contributed by atoms with Gasteiger partial charge in [0, 0.05) is 12.7 Å². The van der Waals surface area contributed by atoms with Gasteiger partial charge in [-0.2, -0.15) is 0 Å². The zero-order valence-electron chi connectivity index (χ0n) is 10.5. The van der Waals surface area contributed by atoms with Crippen LogP contribution in [0.2, 0.25) is 5.15 Å². The number of aromatic nitrogens is 1. The minimum Gasteiger partial charge on any atom is -0.382 e.